The fourth-order valence-corrected chi connectivity index (χ4v) is 5.48. The third-order valence-electron chi connectivity index (χ3n) is 5.55. The Morgan fingerprint density at radius 1 is 1.03 bits per heavy atom. The van der Waals surface area contributed by atoms with Crippen molar-refractivity contribution in [1.82, 2.24) is 9.21 Å². The first kappa shape index (κ1) is 26.7. The van der Waals surface area contributed by atoms with Crippen molar-refractivity contribution in [2.24, 2.45) is 0 Å². The lowest BCUT2D eigenvalue weighted by Crippen LogP contribution is -2.47. The number of esters is 1. The summed E-state index contributed by atoms with van der Waals surface area (Å²) in [6.45, 7) is 9.25. The summed E-state index contributed by atoms with van der Waals surface area (Å²) in [7, 11) is -3.95. The van der Waals surface area contributed by atoms with Crippen LogP contribution >= 0.6 is 0 Å². The molecule has 0 aliphatic carbocycles. The number of nitrogens with zero attached hydrogens (tertiary/aromatic N) is 2. The molecular weight excluding hydrogens is 464 g/mol. The van der Waals surface area contributed by atoms with Gasteiger partial charge in [-0.15, -0.1) is 5.92 Å². The van der Waals surface area contributed by atoms with Gasteiger partial charge in [-0.1, -0.05) is 36.3 Å². The summed E-state index contributed by atoms with van der Waals surface area (Å²) in [5.74, 6) is 5.55. The zero-order chi connectivity index (χ0) is 25.5. The number of sulfonamides is 1. The molecule has 1 aliphatic rings. The Kier molecular flexibility index (Phi) is 8.95. The Morgan fingerprint density at radius 3 is 2.34 bits per heavy atom. The molecule has 1 atom stereocenters. The van der Waals surface area contributed by atoms with E-state index in [0.717, 1.165) is 5.56 Å². The van der Waals surface area contributed by atoms with E-state index in [1.54, 1.807) is 39.8 Å². The molecular formula is C27H34N2O5S. The highest BCUT2D eigenvalue weighted by Gasteiger charge is 2.40. The van der Waals surface area contributed by atoms with E-state index in [1.165, 1.54) is 16.4 Å². The number of hydrogen-bond donors (Lipinski definition) is 0. The Balaban J connectivity index is 1.85. The molecule has 0 spiro atoms. The Morgan fingerprint density at radius 2 is 1.71 bits per heavy atom. The highest BCUT2D eigenvalue weighted by Crippen LogP contribution is 2.26. The predicted octanol–water partition coefficient (Wildman–Crippen LogP) is 3.70. The Bertz CT molecular complexity index is 1150. The molecule has 1 fully saturated rings. The molecule has 35 heavy (non-hydrogen) atoms. The van der Waals surface area contributed by atoms with Crippen molar-refractivity contribution >= 4 is 16.0 Å². The third kappa shape index (κ3) is 7.56. The molecule has 8 heteroatoms. The first-order valence-electron chi connectivity index (χ1n) is 11.7. The second-order valence-electron chi connectivity index (χ2n) is 9.40. The van der Waals surface area contributed by atoms with Crippen molar-refractivity contribution in [1.29, 1.82) is 0 Å². The van der Waals surface area contributed by atoms with Gasteiger partial charge in [-0.05, 0) is 63.9 Å². The van der Waals surface area contributed by atoms with Gasteiger partial charge in [0.2, 0.25) is 10.0 Å². The second-order valence-corrected chi connectivity index (χ2v) is 11.3. The summed E-state index contributed by atoms with van der Waals surface area (Å²) < 4.78 is 39.8. The zero-order valence-corrected chi connectivity index (χ0v) is 21.7. The lowest BCUT2D eigenvalue weighted by molar-refractivity contribution is -0.159. The van der Waals surface area contributed by atoms with Crippen LogP contribution in [-0.4, -0.2) is 61.5 Å². The highest BCUT2D eigenvalue weighted by atomic mass is 32.2. The molecule has 0 amide bonds. The number of hydrogen-bond acceptors (Lipinski definition) is 6. The molecule has 2 aromatic carbocycles. The average molecular weight is 499 g/mol. The smallest absolute Gasteiger partial charge is 0.325 e. The van der Waals surface area contributed by atoms with Crippen molar-refractivity contribution in [2.45, 2.75) is 57.2 Å². The maximum Gasteiger partial charge on any atom is 0.325 e. The van der Waals surface area contributed by atoms with Gasteiger partial charge in [-0.2, -0.15) is 4.31 Å². The molecule has 0 radical (unpaired) electrons. The van der Waals surface area contributed by atoms with Gasteiger partial charge in [0.1, 0.15) is 24.0 Å². The van der Waals surface area contributed by atoms with Crippen LogP contribution in [0.3, 0.4) is 0 Å². The lowest BCUT2D eigenvalue weighted by atomic mass is 10.1. The van der Waals surface area contributed by atoms with Crippen molar-refractivity contribution < 1.29 is 22.7 Å². The molecule has 1 aliphatic heterocycles. The van der Waals surface area contributed by atoms with Crippen LogP contribution < -0.4 is 4.74 Å². The molecule has 0 N–H and O–H groups in total. The van der Waals surface area contributed by atoms with Crippen molar-refractivity contribution in [3.05, 3.63) is 60.2 Å². The molecule has 0 aromatic heterocycles. The normalized spacial score (nSPS) is 17.7. The largest absolute Gasteiger partial charge is 0.481 e. The number of ether oxygens (including phenoxy) is 2. The van der Waals surface area contributed by atoms with Gasteiger partial charge < -0.3 is 9.47 Å². The summed E-state index contributed by atoms with van der Waals surface area (Å²) in [4.78, 5) is 15.4. The molecule has 188 valence electrons. The first-order valence-corrected chi connectivity index (χ1v) is 13.2. The highest BCUT2D eigenvalue weighted by molar-refractivity contribution is 7.89. The summed E-state index contributed by atoms with van der Waals surface area (Å²) in [6.07, 6.45) is 0.345. The summed E-state index contributed by atoms with van der Waals surface area (Å²) in [5.41, 5.74) is 0.420. The zero-order valence-electron chi connectivity index (χ0n) is 20.9. The van der Waals surface area contributed by atoms with E-state index < -0.39 is 27.6 Å². The van der Waals surface area contributed by atoms with Gasteiger partial charge in [0.25, 0.3) is 0 Å². The van der Waals surface area contributed by atoms with Gasteiger partial charge >= 0.3 is 5.97 Å². The number of benzene rings is 2. The quantitative estimate of drug-likeness (QED) is 0.428. The van der Waals surface area contributed by atoms with E-state index in [4.69, 9.17) is 9.47 Å². The van der Waals surface area contributed by atoms with E-state index in [9.17, 15) is 13.2 Å². The monoisotopic (exact) mass is 498 g/mol. The van der Waals surface area contributed by atoms with Crippen LogP contribution in [0.15, 0.2) is 59.5 Å². The molecule has 1 unspecified atom stereocenters. The van der Waals surface area contributed by atoms with Crippen molar-refractivity contribution in [3.63, 3.8) is 0 Å². The van der Waals surface area contributed by atoms with Gasteiger partial charge in [0.15, 0.2) is 0 Å². The van der Waals surface area contributed by atoms with Crippen LogP contribution in [0.2, 0.25) is 0 Å². The SMILES string of the molecule is CC#CCOc1ccc(S(=O)(=O)N2CCN(Cc3ccccc3)CCC2C(=O)OC(C)(C)C)cc1. The van der Waals surface area contributed by atoms with Gasteiger partial charge in [-0.3, -0.25) is 9.69 Å². The standard InChI is InChI=1S/C27H34N2O5S/c1-5-6-20-33-23-12-14-24(15-13-23)35(31,32)29-19-18-28(21-22-10-8-7-9-11-22)17-16-25(29)26(30)34-27(2,3)4/h7-15,25H,16-21H2,1-4H3. The maximum atomic E-state index is 13.7. The molecule has 2 aromatic rings. The molecule has 1 heterocycles. The minimum Gasteiger partial charge on any atom is -0.481 e. The van der Waals surface area contributed by atoms with Gasteiger partial charge in [0, 0.05) is 26.2 Å². The summed E-state index contributed by atoms with van der Waals surface area (Å²) >= 11 is 0. The fraction of sp³-hybridized carbons (Fsp3) is 0.444. The van der Waals surface area contributed by atoms with E-state index >= 15 is 0 Å². The molecule has 1 saturated heterocycles. The molecule has 7 nitrogen and oxygen atoms in total. The van der Waals surface area contributed by atoms with Gasteiger partial charge in [0.05, 0.1) is 4.90 Å². The lowest BCUT2D eigenvalue weighted by Gasteiger charge is -2.30. The molecule has 0 saturated carbocycles. The van der Waals surface area contributed by atoms with Crippen LogP contribution in [0.5, 0.6) is 5.75 Å². The Labute approximate surface area is 209 Å². The van der Waals surface area contributed by atoms with E-state index in [1.807, 2.05) is 30.3 Å². The first-order chi connectivity index (χ1) is 16.6. The van der Waals surface area contributed by atoms with E-state index in [0.29, 0.717) is 31.8 Å². The van der Waals surface area contributed by atoms with Gasteiger partial charge in [-0.25, -0.2) is 8.42 Å². The van der Waals surface area contributed by atoms with Crippen LogP contribution in [0.25, 0.3) is 0 Å². The van der Waals surface area contributed by atoms with Crippen molar-refractivity contribution in [3.8, 4) is 17.6 Å². The summed E-state index contributed by atoms with van der Waals surface area (Å²) in [5, 5.41) is 0. The van der Waals surface area contributed by atoms with Crippen molar-refractivity contribution in [2.75, 3.05) is 26.2 Å². The van der Waals surface area contributed by atoms with Crippen LogP contribution in [-0.2, 0) is 26.1 Å². The minimum absolute atomic E-state index is 0.108. The van der Waals surface area contributed by atoms with E-state index in [-0.39, 0.29) is 18.0 Å². The van der Waals surface area contributed by atoms with E-state index in [2.05, 4.69) is 16.7 Å². The molecule has 3 rings (SSSR count). The predicted molar refractivity (Wildman–Crippen MR) is 135 cm³/mol. The van der Waals surface area contributed by atoms with Crippen LogP contribution in [0, 0.1) is 11.8 Å². The second kappa shape index (κ2) is 11.7. The number of rotatable bonds is 7. The fourth-order valence-electron chi connectivity index (χ4n) is 3.88. The topological polar surface area (TPSA) is 76.2 Å². The maximum absolute atomic E-state index is 13.7. The average Bonchev–Trinajstić information content (AvgIpc) is 3.02. The van der Waals surface area contributed by atoms with Crippen LogP contribution in [0.4, 0.5) is 0 Å². The van der Waals surface area contributed by atoms with Crippen LogP contribution in [0.1, 0.15) is 39.7 Å². The number of carbonyl (C=O) groups is 1. The third-order valence-corrected chi connectivity index (χ3v) is 7.47. The summed E-state index contributed by atoms with van der Waals surface area (Å²) in [6, 6.07) is 15.3. The number of carbonyl (C=O) groups excluding carboxylic acids is 1. The molecule has 0 bridgehead atoms. The Hall–Kier alpha value is -2.86. The minimum atomic E-state index is -3.95.